The van der Waals surface area contributed by atoms with Gasteiger partial charge >= 0.3 is 27.7 Å². The number of imidazole rings is 1. The van der Waals surface area contributed by atoms with Gasteiger partial charge in [0.05, 0.1) is 37.5 Å². The van der Waals surface area contributed by atoms with Crippen molar-refractivity contribution in [1.29, 1.82) is 0 Å². The van der Waals surface area contributed by atoms with E-state index in [4.69, 9.17) is 14.5 Å². The Morgan fingerprint density at radius 1 is 0.759 bits per heavy atom. The van der Waals surface area contributed by atoms with Crippen molar-refractivity contribution in [2.75, 3.05) is 14.2 Å². The van der Waals surface area contributed by atoms with Crippen molar-refractivity contribution in [3.8, 4) is 23.3 Å². The summed E-state index contributed by atoms with van der Waals surface area (Å²) in [6, 6.07) is 19.4. The van der Waals surface area contributed by atoms with Crippen LogP contribution in [0.4, 0.5) is 0 Å². The largest absolute Gasteiger partial charge is 2.00 e. The maximum atomic E-state index is 5.26. The number of benzene rings is 1. The van der Waals surface area contributed by atoms with Crippen molar-refractivity contribution in [3.05, 3.63) is 66.4 Å². The van der Waals surface area contributed by atoms with Crippen LogP contribution in [0.2, 0.25) is 0 Å². The summed E-state index contributed by atoms with van der Waals surface area (Å²) in [7, 11) is 3.22. The topological polar surface area (TPSA) is 62.1 Å². The van der Waals surface area contributed by atoms with Crippen molar-refractivity contribution < 1.29 is 62.0 Å². The van der Waals surface area contributed by atoms with Crippen molar-refractivity contribution >= 4 is 11.0 Å². The fraction of sp³-hybridized carbons (Fsp3) is 0.150. The Bertz CT molecular complexity index is 1080. The molecule has 3 heterocycles. The number of aromatic nitrogens is 4. The molecule has 0 unspecified atom stereocenters. The number of nitrogens with zero attached hydrogens (tertiary/aromatic N) is 4. The predicted octanol–water partition coefficient (Wildman–Crippen LogP) is -2.44. The van der Waals surface area contributed by atoms with Gasteiger partial charge in [-0.25, -0.2) is 15.0 Å². The number of halogens is 2. The van der Waals surface area contributed by atoms with E-state index in [1.807, 2.05) is 60.7 Å². The maximum Gasteiger partial charge on any atom is 2.00 e. The molecular formula is C20H18Cl2HgN4O2. The molecular weight excluding hydrogens is 600 g/mol. The van der Waals surface area contributed by atoms with Crippen LogP contribution >= 0.6 is 0 Å². The quantitative estimate of drug-likeness (QED) is 0.233. The Hall–Kier alpha value is -1.89. The van der Waals surface area contributed by atoms with Gasteiger partial charge in [-0.3, -0.25) is 0 Å². The molecule has 4 rings (SSSR count). The Balaban J connectivity index is 0.00000140. The molecule has 0 amide bonds. The summed E-state index contributed by atoms with van der Waals surface area (Å²) in [6.45, 7) is 0.561. The monoisotopic (exact) mass is 618 g/mol. The molecule has 146 valence electrons. The summed E-state index contributed by atoms with van der Waals surface area (Å²) in [6.07, 6.45) is 0. The number of hydrogen-bond acceptors (Lipinski definition) is 5. The van der Waals surface area contributed by atoms with E-state index >= 15 is 0 Å². The molecule has 0 aliphatic rings. The van der Waals surface area contributed by atoms with Crippen molar-refractivity contribution in [2.24, 2.45) is 0 Å². The molecule has 0 saturated carbocycles. The van der Waals surface area contributed by atoms with Crippen LogP contribution < -0.4 is 34.3 Å². The number of pyridine rings is 2. The molecule has 0 fully saturated rings. The van der Waals surface area contributed by atoms with Crippen LogP contribution in [0.25, 0.3) is 22.6 Å². The first kappa shape index (κ1) is 25.1. The van der Waals surface area contributed by atoms with Crippen molar-refractivity contribution in [3.63, 3.8) is 0 Å². The Morgan fingerprint density at radius 3 is 2.14 bits per heavy atom. The van der Waals surface area contributed by atoms with Crippen LogP contribution in [-0.4, -0.2) is 33.7 Å². The first-order valence-corrected chi connectivity index (χ1v) is 8.25. The molecule has 0 aliphatic carbocycles. The molecule has 9 heteroatoms. The normalized spacial score (nSPS) is 9.72. The fourth-order valence-corrected chi connectivity index (χ4v) is 2.91. The molecule has 0 saturated heterocycles. The van der Waals surface area contributed by atoms with E-state index in [9.17, 15) is 0 Å². The summed E-state index contributed by atoms with van der Waals surface area (Å²) in [5.74, 6) is 1.92. The molecule has 0 atom stereocenters. The van der Waals surface area contributed by atoms with Gasteiger partial charge in [0, 0.05) is 12.1 Å². The van der Waals surface area contributed by atoms with Gasteiger partial charge < -0.3 is 38.9 Å². The second-order valence-electron chi connectivity index (χ2n) is 5.75. The maximum absolute atomic E-state index is 5.26. The number of ether oxygens (including phenoxy) is 2. The summed E-state index contributed by atoms with van der Waals surface area (Å²) in [5.41, 5.74) is 3.58. The van der Waals surface area contributed by atoms with Gasteiger partial charge in [-0.05, 0) is 24.3 Å². The molecule has 0 N–H and O–H groups in total. The second-order valence-corrected chi connectivity index (χ2v) is 5.75. The van der Waals surface area contributed by atoms with E-state index < -0.39 is 0 Å². The van der Waals surface area contributed by atoms with E-state index in [-0.39, 0.29) is 52.5 Å². The zero-order chi connectivity index (χ0) is 17.9. The third-order valence-electron chi connectivity index (χ3n) is 4.13. The first-order valence-electron chi connectivity index (χ1n) is 8.25. The minimum absolute atomic E-state index is 0. The molecule has 1 aromatic carbocycles. The second kappa shape index (κ2) is 11.3. The summed E-state index contributed by atoms with van der Waals surface area (Å²) in [5, 5.41) is 0. The number of methoxy groups -OCH3 is 2. The Morgan fingerprint density at radius 2 is 1.41 bits per heavy atom. The molecule has 4 aromatic rings. The minimum Gasteiger partial charge on any atom is -1.00 e. The molecule has 0 spiro atoms. The van der Waals surface area contributed by atoms with Crippen molar-refractivity contribution in [1.82, 2.24) is 19.5 Å². The van der Waals surface area contributed by atoms with E-state index in [0.29, 0.717) is 18.3 Å². The zero-order valence-corrected chi connectivity index (χ0v) is 23.1. The number of fused-ring (bicyclic) bond motifs is 1. The van der Waals surface area contributed by atoms with E-state index in [1.165, 1.54) is 0 Å². The first-order chi connectivity index (χ1) is 12.8. The molecule has 0 bridgehead atoms. The average Bonchev–Trinajstić information content (AvgIpc) is 3.07. The minimum atomic E-state index is 0. The molecule has 6 nitrogen and oxygen atoms in total. The standard InChI is InChI=1S/C20H18N4O2.2ClH.Hg/c1-25-18-11-5-7-14(21-18)13-24-17-10-4-3-8-15(17)23-20(24)16-9-6-12-19(22-16)26-2;;;/h3-12H,13H2,1-2H3;2*1H;/q;;;+2/p-2. The van der Waals surface area contributed by atoms with Crippen LogP contribution in [0.15, 0.2) is 60.7 Å². The summed E-state index contributed by atoms with van der Waals surface area (Å²) >= 11 is 0. The molecule has 29 heavy (non-hydrogen) atoms. The van der Waals surface area contributed by atoms with Gasteiger partial charge in [-0.1, -0.05) is 24.3 Å². The summed E-state index contributed by atoms with van der Waals surface area (Å²) in [4.78, 5) is 13.9. The van der Waals surface area contributed by atoms with Gasteiger partial charge in [0.1, 0.15) is 5.69 Å². The van der Waals surface area contributed by atoms with Gasteiger partial charge in [0.25, 0.3) is 0 Å². The van der Waals surface area contributed by atoms with Crippen molar-refractivity contribution in [2.45, 2.75) is 6.54 Å². The SMILES string of the molecule is COc1cccc(Cn2c(-c3cccc(OC)n3)nc3ccccc32)n1.[Cl-].[Cl-].[Hg+2]. The average molecular weight is 618 g/mol. The van der Waals surface area contributed by atoms with Gasteiger partial charge in [0.15, 0.2) is 5.82 Å². The van der Waals surface area contributed by atoms with Crippen LogP contribution in [0.5, 0.6) is 11.8 Å². The van der Waals surface area contributed by atoms with Crippen LogP contribution in [0.1, 0.15) is 5.69 Å². The third kappa shape index (κ3) is 5.38. The number of hydrogen-bond donors (Lipinski definition) is 0. The van der Waals surface area contributed by atoms with Crippen LogP contribution in [0, 0.1) is 0 Å². The summed E-state index contributed by atoms with van der Waals surface area (Å²) < 4.78 is 12.6. The third-order valence-corrected chi connectivity index (χ3v) is 4.13. The van der Waals surface area contributed by atoms with Crippen LogP contribution in [-0.2, 0) is 34.2 Å². The molecule has 3 aromatic heterocycles. The van der Waals surface area contributed by atoms with E-state index in [2.05, 4.69) is 14.5 Å². The number of rotatable bonds is 5. The van der Waals surface area contributed by atoms with E-state index in [0.717, 1.165) is 28.2 Å². The number of para-hydroxylation sites is 2. The Kier molecular flexibility index (Phi) is 9.82. The van der Waals surface area contributed by atoms with Gasteiger partial charge in [0.2, 0.25) is 11.8 Å². The Labute approximate surface area is 202 Å². The molecule has 0 radical (unpaired) electrons. The van der Waals surface area contributed by atoms with E-state index in [1.54, 1.807) is 14.2 Å². The smallest absolute Gasteiger partial charge is 1.00 e. The zero-order valence-electron chi connectivity index (χ0n) is 16.0. The van der Waals surface area contributed by atoms with Gasteiger partial charge in [-0.15, -0.1) is 0 Å². The fourth-order valence-electron chi connectivity index (χ4n) is 2.91. The van der Waals surface area contributed by atoms with Gasteiger partial charge in [-0.2, -0.15) is 0 Å². The molecule has 0 aliphatic heterocycles. The van der Waals surface area contributed by atoms with Crippen LogP contribution in [0.3, 0.4) is 0 Å². The predicted molar refractivity (Wildman–Crippen MR) is 99.4 cm³/mol.